The van der Waals surface area contributed by atoms with Gasteiger partial charge >= 0.3 is 0 Å². The Morgan fingerprint density at radius 3 is 2.36 bits per heavy atom. The molecule has 3 heteroatoms. The highest BCUT2D eigenvalue weighted by Gasteiger charge is 2.05. The number of hydrogen-bond acceptors (Lipinski definition) is 3. The van der Waals surface area contributed by atoms with Gasteiger partial charge in [0.05, 0.1) is 11.5 Å². The van der Waals surface area contributed by atoms with E-state index >= 15 is 0 Å². The van der Waals surface area contributed by atoms with Gasteiger partial charge in [0, 0.05) is 5.56 Å². The predicted octanol–water partition coefficient (Wildman–Crippen LogP) is 2.19. The lowest BCUT2D eigenvalue weighted by Gasteiger charge is -1.98. The number of thioether (sulfide) groups is 1. The molecule has 0 aliphatic heterocycles. The average Bonchev–Trinajstić information content (AvgIpc) is 2.18. The van der Waals surface area contributed by atoms with Crippen LogP contribution in [0.1, 0.15) is 17.3 Å². The van der Waals surface area contributed by atoms with Gasteiger partial charge in [-0.05, 0) is 6.92 Å². The van der Waals surface area contributed by atoms with Crippen LogP contribution in [0, 0.1) is 0 Å². The molecule has 14 heavy (non-hydrogen) atoms. The van der Waals surface area contributed by atoms with Crippen LogP contribution in [0.3, 0.4) is 0 Å². The van der Waals surface area contributed by atoms with Gasteiger partial charge in [0.15, 0.2) is 5.78 Å². The normalized spacial score (nSPS) is 9.79. The van der Waals surface area contributed by atoms with Crippen molar-refractivity contribution in [3.8, 4) is 0 Å². The van der Waals surface area contributed by atoms with Gasteiger partial charge in [-0.3, -0.25) is 9.59 Å². The van der Waals surface area contributed by atoms with Crippen LogP contribution in [0.15, 0.2) is 30.3 Å². The Bertz CT molecular complexity index is 319. The molecule has 0 saturated carbocycles. The number of rotatable bonds is 5. The molecule has 0 amide bonds. The SMILES string of the molecule is CC(=O)CSCC(=O)c1ccccc1. The molecule has 0 atom stereocenters. The van der Waals surface area contributed by atoms with Crippen molar-refractivity contribution >= 4 is 23.3 Å². The summed E-state index contributed by atoms with van der Waals surface area (Å²) in [7, 11) is 0. The molecule has 0 unspecified atom stereocenters. The lowest BCUT2D eigenvalue weighted by Crippen LogP contribution is -2.04. The third-order valence-electron chi connectivity index (χ3n) is 1.63. The quantitative estimate of drug-likeness (QED) is 0.696. The first-order valence-electron chi connectivity index (χ1n) is 4.35. The predicted molar refractivity (Wildman–Crippen MR) is 58.8 cm³/mol. The number of carbonyl (C=O) groups excluding carboxylic acids is 2. The molecular formula is C11H12O2S. The zero-order chi connectivity index (χ0) is 10.4. The first-order valence-corrected chi connectivity index (χ1v) is 5.51. The first kappa shape index (κ1) is 11.0. The van der Waals surface area contributed by atoms with Gasteiger partial charge < -0.3 is 0 Å². The van der Waals surface area contributed by atoms with Gasteiger partial charge in [0.1, 0.15) is 5.78 Å². The summed E-state index contributed by atoms with van der Waals surface area (Å²) in [5, 5.41) is 0. The number of ketones is 2. The van der Waals surface area contributed by atoms with Crippen molar-refractivity contribution in [2.75, 3.05) is 11.5 Å². The summed E-state index contributed by atoms with van der Waals surface area (Å²) in [5.74, 6) is 0.982. The maximum atomic E-state index is 11.5. The highest BCUT2D eigenvalue weighted by atomic mass is 32.2. The van der Waals surface area contributed by atoms with E-state index in [2.05, 4.69) is 0 Å². The molecule has 0 aliphatic rings. The summed E-state index contributed by atoms with van der Waals surface area (Å²) >= 11 is 1.37. The second-order valence-electron chi connectivity index (χ2n) is 2.98. The summed E-state index contributed by atoms with van der Waals surface area (Å²) in [4.78, 5) is 22.1. The van der Waals surface area contributed by atoms with E-state index in [9.17, 15) is 9.59 Å². The molecule has 2 nitrogen and oxygen atoms in total. The number of carbonyl (C=O) groups is 2. The molecule has 0 N–H and O–H groups in total. The summed E-state index contributed by atoms with van der Waals surface area (Å²) in [5.41, 5.74) is 0.712. The van der Waals surface area contributed by atoms with Crippen molar-refractivity contribution in [1.82, 2.24) is 0 Å². The minimum Gasteiger partial charge on any atom is -0.299 e. The summed E-state index contributed by atoms with van der Waals surface area (Å²) < 4.78 is 0. The summed E-state index contributed by atoms with van der Waals surface area (Å²) in [6.45, 7) is 1.53. The largest absolute Gasteiger partial charge is 0.299 e. The Labute approximate surface area is 87.7 Å². The standard InChI is InChI=1S/C11H12O2S/c1-9(12)7-14-8-11(13)10-5-3-2-4-6-10/h2-6H,7-8H2,1H3. The molecule has 0 heterocycles. The van der Waals surface area contributed by atoms with Crippen molar-refractivity contribution < 1.29 is 9.59 Å². The Hall–Kier alpha value is -1.09. The third-order valence-corrected chi connectivity index (χ3v) is 2.71. The molecule has 74 valence electrons. The van der Waals surface area contributed by atoms with E-state index in [1.807, 2.05) is 18.2 Å². The van der Waals surface area contributed by atoms with Crippen molar-refractivity contribution in [3.63, 3.8) is 0 Å². The zero-order valence-electron chi connectivity index (χ0n) is 8.03. The summed E-state index contributed by atoms with van der Waals surface area (Å²) in [6, 6.07) is 9.12. The molecule has 0 saturated heterocycles. The topological polar surface area (TPSA) is 34.1 Å². The second-order valence-corrected chi connectivity index (χ2v) is 3.97. The van der Waals surface area contributed by atoms with Crippen molar-refractivity contribution in [3.05, 3.63) is 35.9 Å². The van der Waals surface area contributed by atoms with Gasteiger partial charge in [0.2, 0.25) is 0 Å². The molecule has 1 aromatic rings. The van der Waals surface area contributed by atoms with Crippen LogP contribution in [0.4, 0.5) is 0 Å². The maximum Gasteiger partial charge on any atom is 0.172 e. The van der Waals surface area contributed by atoms with E-state index in [0.29, 0.717) is 17.1 Å². The Kier molecular flexibility index (Phi) is 4.40. The Balaban J connectivity index is 2.40. The van der Waals surface area contributed by atoms with E-state index in [1.165, 1.54) is 18.7 Å². The average molecular weight is 208 g/mol. The molecule has 0 spiro atoms. The Morgan fingerprint density at radius 2 is 1.79 bits per heavy atom. The molecular weight excluding hydrogens is 196 g/mol. The van der Waals surface area contributed by atoms with Gasteiger partial charge in [0.25, 0.3) is 0 Å². The summed E-state index contributed by atoms with van der Waals surface area (Å²) in [6.07, 6.45) is 0. The van der Waals surface area contributed by atoms with Crippen LogP contribution in [0.2, 0.25) is 0 Å². The minimum absolute atomic E-state index is 0.0804. The fraction of sp³-hybridized carbons (Fsp3) is 0.273. The molecule has 0 aliphatic carbocycles. The fourth-order valence-corrected chi connectivity index (χ4v) is 1.74. The molecule has 0 bridgehead atoms. The van der Waals surface area contributed by atoms with Crippen LogP contribution >= 0.6 is 11.8 Å². The molecule has 0 fully saturated rings. The highest BCUT2D eigenvalue weighted by molar-refractivity contribution is 8.00. The van der Waals surface area contributed by atoms with E-state index in [1.54, 1.807) is 12.1 Å². The lowest BCUT2D eigenvalue weighted by molar-refractivity contribution is -0.114. The van der Waals surface area contributed by atoms with Crippen molar-refractivity contribution in [2.24, 2.45) is 0 Å². The molecule has 1 aromatic carbocycles. The van der Waals surface area contributed by atoms with E-state index < -0.39 is 0 Å². The molecule has 0 radical (unpaired) electrons. The minimum atomic E-state index is 0.0804. The zero-order valence-corrected chi connectivity index (χ0v) is 8.84. The number of Topliss-reactive ketones (excluding diaryl/α,β-unsaturated/α-hetero) is 2. The van der Waals surface area contributed by atoms with Gasteiger partial charge in [-0.2, -0.15) is 0 Å². The Morgan fingerprint density at radius 1 is 1.14 bits per heavy atom. The van der Waals surface area contributed by atoms with Crippen molar-refractivity contribution in [2.45, 2.75) is 6.92 Å². The smallest absolute Gasteiger partial charge is 0.172 e. The van der Waals surface area contributed by atoms with Crippen LogP contribution < -0.4 is 0 Å². The van der Waals surface area contributed by atoms with Gasteiger partial charge in [-0.15, -0.1) is 11.8 Å². The molecule has 0 aromatic heterocycles. The van der Waals surface area contributed by atoms with E-state index in [0.717, 1.165) is 0 Å². The van der Waals surface area contributed by atoms with Gasteiger partial charge in [-0.1, -0.05) is 30.3 Å². The van der Waals surface area contributed by atoms with Crippen molar-refractivity contribution in [1.29, 1.82) is 0 Å². The highest BCUT2D eigenvalue weighted by Crippen LogP contribution is 2.06. The van der Waals surface area contributed by atoms with Crippen LogP contribution in [-0.4, -0.2) is 23.1 Å². The van der Waals surface area contributed by atoms with Crippen LogP contribution in [0.5, 0.6) is 0 Å². The van der Waals surface area contributed by atoms with E-state index in [-0.39, 0.29) is 11.6 Å². The third kappa shape index (κ3) is 3.75. The monoisotopic (exact) mass is 208 g/mol. The van der Waals surface area contributed by atoms with E-state index in [4.69, 9.17) is 0 Å². The second kappa shape index (κ2) is 5.60. The number of hydrogen-bond donors (Lipinski definition) is 0. The maximum absolute atomic E-state index is 11.5. The fourth-order valence-electron chi connectivity index (χ4n) is 0.995. The molecule has 1 rings (SSSR count). The van der Waals surface area contributed by atoms with Crippen LogP contribution in [-0.2, 0) is 4.79 Å². The van der Waals surface area contributed by atoms with Crippen LogP contribution in [0.25, 0.3) is 0 Å². The number of benzene rings is 1. The first-order chi connectivity index (χ1) is 6.70. The lowest BCUT2D eigenvalue weighted by atomic mass is 10.2. The van der Waals surface area contributed by atoms with Gasteiger partial charge in [-0.25, -0.2) is 0 Å².